The van der Waals surface area contributed by atoms with Crippen LogP contribution in [0, 0.1) is 0 Å². The highest BCUT2D eigenvalue weighted by atomic mass is 79.9. The van der Waals surface area contributed by atoms with Crippen molar-refractivity contribution < 1.29 is 23.8 Å². The van der Waals surface area contributed by atoms with Crippen LogP contribution in [-0.2, 0) is 18.7 Å². The Balaban J connectivity index is 2.13. The molecule has 5 nitrogen and oxygen atoms in total. The van der Waals surface area contributed by atoms with Gasteiger partial charge in [0.25, 0.3) is 8.32 Å². The van der Waals surface area contributed by atoms with E-state index < -0.39 is 43.7 Å². The summed E-state index contributed by atoms with van der Waals surface area (Å²) in [4.78, 5) is 11.3. The van der Waals surface area contributed by atoms with Crippen molar-refractivity contribution >= 4 is 40.6 Å². The summed E-state index contributed by atoms with van der Waals surface area (Å²) >= 11 is 3.68. The van der Waals surface area contributed by atoms with Crippen molar-refractivity contribution in [3.05, 3.63) is 60.7 Å². The van der Waals surface area contributed by atoms with Gasteiger partial charge in [-0.2, -0.15) is 0 Å². The molecular formula is C24H31BrO5Si. The molecule has 5 atom stereocenters. The molecule has 2 aromatic rings. The second kappa shape index (κ2) is 9.54. The van der Waals surface area contributed by atoms with E-state index in [0.717, 1.165) is 10.4 Å². The van der Waals surface area contributed by atoms with E-state index in [9.17, 15) is 9.90 Å². The number of rotatable bonds is 5. The van der Waals surface area contributed by atoms with Gasteiger partial charge >= 0.3 is 5.97 Å². The lowest BCUT2D eigenvalue weighted by molar-refractivity contribution is -0.237. The molecule has 0 spiro atoms. The summed E-state index contributed by atoms with van der Waals surface area (Å²) < 4.78 is 18.3. The Morgan fingerprint density at radius 1 is 1.00 bits per heavy atom. The third kappa shape index (κ3) is 4.81. The summed E-state index contributed by atoms with van der Waals surface area (Å²) in [6.45, 7) is 9.67. The van der Waals surface area contributed by atoms with Gasteiger partial charge < -0.3 is 19.0 Å². The highest BCUT2D eigenvalue weighted by molar-refractivity contribution is 9.09. The second-order valence-electron chi connectivity index (χ2n) is 9.00. The molecule has 3 rings (SSSR count). The number of aliphatic hydroxyl groups excluding tert-OH is 1. The lowest BCUT2D eigenvalue weighted by Gasteiger charge is -2.49. The molecule has 1 aliphatic heterocycles. The fourth-order valence-electron chi connectivity index (χ4n) is 4.35. The number of hydrogen-bond acceptors (Lipinski definition) is 5. The zero-order valence-electron chi connectivity index (χ0n) is 18.6. The number of benzene rings is 2. The predicted molar refractivity (Wildman–Crippen MR) is 127 cm³/mol. The average Bonchev–Trinajstić information content (AvgIpc) is 2.71. The van der Waals surface area contributed by atoms with Crippen LogP contribution in [0.25, 0.3) is 0 Å². The third-order valence-electron chi connectivity index (χ3n) is 5.76. The Bertz CT molecular complexity index is 831. The van der Waals surface area contributed by atoms with E-state index in [4.69, 9.17) is 13.9 Å². The average molecular weight is 507 g/mol. The Hall–Kier alpha value is -1.51. The zero-order valence-corrected chi connectivity index (χ0v) is 21.2. The van der Waals surface area contributed by atoms with Gasteiger partial charge in [0.05, 0.1) is 10.9 Å². The Morgan fingerprint density at radius 2 is 1.48 bits per heavy atom. The molecule has 168 valence electrons. The first-order valence-electron chi connectivity index (χ1n) is 10.5. The molecule has 0 aromatic heterocycles. The summed E-state index contributed by atoms with van der Waals surface area (Å²) in [6, 6.07) is 20.4. The molecule has 0 amide bonds. The molecular weight excluding hydrogens is 476 g/mol. The van der Waals surface area contributed by atoms with Crippen LogP contribution in [0.5, 0.6) is 0 Å². The molecule has 0 saturated carbocycles. The molecule has 31 heavy (non-hydrogen) atoms. The Labute approximate surface area is 194 Å². The maximum Gasteiger partial charge on any atom is 0.303 e. The van der Waals surface area contributed by atoms with E-state index in [1.165, 1.54) is 6.92 Å². The van der Waals surface area contributed by atoms with Crippen LogP contribution in [0.4, 0.5) is 0 Å². The van der Waals surface area contributed by atoms with Gasteiger partial charge in [0.1, 0.15) is 12.2 Å². The SMILES string of the molecule is CC(=O)OC1C(Br)[C@H](O[Si](c2ccccc2)(c2ccccc2)C(C)(C)C)[C@H](O)O[C@H]1C. The molecule has 0 radical (unpaired) electrons. The van der Waals surface area contributed by atoms with Gasteiger partial charge in [-0.1, -0.05) is 97.4 Å². The van der Waals surface area contributed by atoms with E-state index in [-0.39, 0.29) is 5.04 Å². The molecule has 1 fully saturated rings. The van der Waals surface area contributed by atoms with Crippen molar-refractivity contribution in [2.45, 2.75) is 69.1 Å². The molecule has 7 heteroatoms. The van der Waals surface area contributed by atoms with Gasteiger partial charge in [-0.05, 0) is 22.3 Å². The minimum atomic E-state index is -2.92. The number of ether oxygens (including phenoxy) is 2. The Morgan fingerprint density at radius 3 is 1.90 bits per heavy atom. The van der Waals surface area contributed by atoms with E-state index in [0.29, 0.717) is 0 Å². The van der Waals surface area contributed by atoms with Crippen molar-refractivity contribution in [3.63, 3.8) is 0 Å². The monoisotopic (exact) mass is 506 g/mol. The first-order valence-corrected chi connectivity index (χ1v) is 13.3. The molecule has 1 saturated heterocycles. The minimum absolute atomic E-state index is 0.262. The maximum absolute atomic E-state index is 11.7. The molecule has 1 heterocycles. The minimum Gasteiger partial charge on any atom is -0.458 e. The lowest BCUT2D eigenvalue weighted by Crippen LogP contribution is -2.71. The van der Waals surface area contributed by atoms with Gasteiger partial charge in [-0.25, -0.2) is 0 Å². The smallest absolute Gasteiger partial charge is 0.303 e. The number of esters is 1. The molecule has 1 N–H and O–H groups in total. The lowest BCUT2D eigenvalue weighted by atomic mass is 10.0. The second-order valence-corrected chi connectivity index (χ2v) is 14.3. The molecule has 1 aliphatic rings. The van der Waals surface area contributed by atoms with Crippen molar-refractivity contribution in [3.8, 4) is 0 Å². The van der Waals surface area contributed by atoms with Gasteiger partial charge in [0, 0.05) is 6.92 Å². The molecule has 2 unspecified atom stereocenters. The summed E-state index contributed by atoms with van der Waals surface area (Å²) in [7, 11) is -2.92. The number of alkyl halides is 1. The number of carbonyl (C=O) groups is 1. The molecule has 0 aliphatic carbocycles. The summed E-state index contributed by atoms with van der Waals surface area (Å²) in [6.07, 6.45) is -2.94. The van der Waals surface area contributed by atoms with E-state index in [1.807, 2.05) is 36.4 Å². The zero-order chi connectivity index (χ0) is 22.8. The van der Waals surface area contributed by atoms with Crippen LogP contribution in [0.15, 0.2) is 60.7 Å². The number of carbonyl (C=O) groups excluding carboxylic acids is 1. The highest BCUT2D eigenvalue weighted by Gasteiger charge is 2.55. The third-order valence-corrected chi connectivity index (χ3v) is 11.8. The van der Waals surface area contributed by atoms with Crippen LogP contribution in [-0.4, -0.2) is 48.8 Å². The van der Waals surface area contributed by atoms with Crippen LogP contribution in [0.1, 0.15) is 34.6 Å². The van der Waals surface area contributed by atoms with Crippen LogP contribution >= 0.6 is 15.9 Å². The fourth-order valence-corrected chi connectivity index (χ4v) is 10.1. The Kier molecular flexibility index (Phi) is 7.43. The van der Waals surface area contributed by atoms with E-state index in [1.54, 1.807) is 6.92 Å². The topological polar surface area (TPSA) is 65.0 Å². The number of halogens is 1. The standard InChI is InChI=1S/C24H31BrO5Si/c1-16-21(29-17(2)26)20(25)22(23(27)28-16)30-31(24(3,4)5,18-12-8-6-9-13-18)19-14-10-7-11-15-19/h6-16,20-23,27H,1-5H3/t16-,20?,21?,22-,23+/m0/s1. The normalized spacial score (nSPS) is 27.0. The van der Waals surface area contributed by atoms with Crippen molar-refractivity contribution in [1.29, 1.82) is 0 Å². The highest BCUT2D eigenvalue weighted by Crippen LogP contribution is 2.40. The molecule has 2 aromatic carbocycles. The van der Waals surface area contributed by atoms with Gasteiger partial charge in [-0.3, -0.25) is 4.79 Å². The summed E-state index contributed by atoms with van der Waals surface area (Å²) in [5.74, 6) is -0.398. The molecule has 0 bridgehead atoms. The summed E-state index contributed by atoms with van der Waals surface area (Å²) in [5, 5.41) is 12.8. The van der Waals surface area contributed by atoms with Crippen molar-refractivity contribution in [2.24, 2.45) is 0 Å². The van der Waals surface area contributed by atoms with E-state index in [2.05, 4.69) is 61.0 Å². The van der Waals surface area contributed by atoms with Gasteiger partial charge in [0.2, 0.25) is 0 Å². The quantitative estimate of drug-likeness (QED) is 0.382. The van der Waals surface area contributed by atoms with Crippen LogP contribution in [0.2, 0.25) is 5.04 Å². The van der Waals surface area contributed by atoms with E-state index >= 15 is 0 Å². The van der Waals surface area contributed by atoms with Crippen molar-refractivity contribution in [2.75, 3.05) is 0 Å². The van der Waals surface area contributed by atoms with Crippen LogP contribution in [0.3, 0.4) is 0 Å². The van der Waals surface area contributed by atoms with Gasteiger partial charge in [-0.15, -0.1) is 0 Å². The largest absolute Gasteiger partial charge is 0.458 e. The number of aliphatic hydroxyl groups is 1. The van der Waals surface area contributed by atoms with Crippen LogP contribution < -0.4 is 10.4 Å². The summed E-state index contributed by atoms with van der Waals surface area (Å²) in [5.41, 5.74) is 0. The predicted octanol–water partition coefficient (Wildman–Crippen LogP) is 3.36. The fraction of sp³-hybridized carbons (Fsp3) is 0.458. The van der Waals surface area contributed by atoms with Crippen molar-refractivity contribution in [1.82, 2.24) is 0 Å². The van der Waals surface area contributed by atoms with Gasteiger partial charge in [0.15, 0.2) is 6.29 Å². The maximum atomic E-state index is 11.7. The first kappa shape index (κ1) is 24.1. The first-order chi connectivity index (χ1) is 14.6. The number of hydrogen-bond donors (Lipinski definition) is 1.